The number of thioether (sulfide) groups is 1. The van der Waals surface area contributed by atoms with E-state index >= 15 is 0 Å². The van der Waals surface area contributed by atoms with E-state index in [1.54, 1.807) is 11.6 Å². The molecule has 0 aromatic rings. The number of amidine groups is 2. The number of amides is 3. The van der Waals surface area contributed by atoms with Crippen LogP contribution in [-0.4, -0.2) is 80.8 Å². The molecular weight excluding hydrogens is 320 g/mol. The number of carbonyl (C=O) groups is 3. The highest BCUT2D eigenvalue weighted by Crippen LogP contribution is 2.23. The molecule has 1 atom stereocenters. The van der Waals surface area contributed by atoms with E-state index in [1.165, 1.54) is 23.7 Å². The number of fused-ring (bicyclic) bond motifs is 1. The summed E-state index contributed by atoms with van der Waals surface area (Å²) < 4.78 is 1.77. The minimum absolute atomic E-state index is 0.00673. The van der Waals surface area contributed by atoms with E-state index in [9.17, 15) is 14.4 Å². The number of carboxylic acid groups (broad SMARTS) is 1. The lowest BCUT2D eigenvalue weighted by Gasteiger charge is -2.30. The van der Waals surface area contributed by atoms with Gasteiger partial charge in [-0.1, -0.05) is 6.58 Å². The van der Waals surface area contributed by atoms with Gasteiger partial charge in [0.2, 0.25) is 0 Å². The van der Waals surface area contributed by atoms with Crippen LogP contribution < -0.4 is 0 Å². The van der Waals surface area contributed by atoms with Gasteiger partial charge in [-0.3, -0.25) is 19.4 Å². The van der Waals surface area contributed by atoms with Crippen LogP contribution in [0.2, 0.25) is 0 Å². The molecule has 3 amide bonds. The summed E-state index contributed by atoms with van der Waals surface area (Å²) in [6.45, 7) is 6.11. The molecule has 0 bridgehead atoms. The number of hydrogen-bond donors (Lipinski definition) is 1. The van der Waals surface area contributed by atoms with Gasteiger partial charge in [-0.25, -0.2) is 9.37 Å². The predicted octanol–water partition coefficient (Wildman–Crippen LogP) is 0.443. The van der Waals surface area contributed by atoms with Crippen LogP contribution >= 0.6 is 11.8 Å². The van der Waals surface area contributed by atoms with Gasteiger partial charge in [-0.2, -0.15) is 0 Å². The number of urea groups is 1. The van der Waals surface area contributed by atoms with Crippen LogP contribution in [0.1, 0.15) is 13.3 Å². The summed E-state index contributed by atoms with van der Waals surface area (Å²) in [6.07, 6.45) is -0.00673. The Morgan fingerprint density at radius 3 is 2.61 bits per heavy atom. The summed E-state index contributed by atoms with van der Waals surface area (Å²) in [4.78, 5) is 42.0. The largest absolute Gasteiger partial charge is 0.481 e. The van der Waals surface area contributed by atoms with Gasteiger partial charge in [-0.15, -0.1) is 0 Å². The minimum atomic E-state index is -0.893. The second-order valence-corrected chi connectivity index (χ2v) is 6.53. The Morgan fingerprint density at radius 2 is 2.04 bits per heavy atom. The Labute approximate surface area is 138 Å². The van der Waals surface area contributed by atoms with Crippen molar-refractivity contribution in [3.05, 3.63) is 12.2 Å². The molecule has 9 heteroatoms. The van der Waals surface area contributed by atoms with Gasteiger partial charge in [0.05, 0.1) is 6.42 Å². The summed E-state index contributed by atoms with van der Waals surface area (Å²) in [5.74, 6) is -0.530. The molecule has 2 aliphatic rings. The average molecular weight is 339 g/mol. The fourth-order valence-corrected chi connectivity index (χ4v) is 3.32. The molecule has 0 spiro atoms. The second-order valence-electron chi connectivity index (χ2n) is 5.47. The molecule has 8 nitrogen and oxygen atoms in total. The number of aliphatic carboxylic acids is 1. The highest BCUT2D eigenvalue weighted by molar-refractivity contribution is 8.13. The van der Waals surface area contributed by atoms with Gasteiger partial charge < -0.3 is 5.11 Å². The maximum atomic E-state index is 12.5. The van der Waals surface area contributed by atoms with E-state index < -0.39 is 18.0 Å². The molecule has 1 N–H and O–H groups in total. The highest BCUT2D eigenvalue weighted by atomic mass is 32.2. The molecule has 2 heterocycles. The number of nitrogens with zero attached hydrogens (tertiary/aromatic N) is 4. The van der Waals surface area contributed by atoms with Gasteiger partial charge in [-0.05, 0) is 29.3 Å². The van der Waals surface area contributed by atoms with Crippen LogP contribution in [0, 0.1) is 0 Å². The third-order valence-corrected chi connectivity index (χ3v) is 4.47. The number of carboxylic acids is 1. The summed E-state index contributed by atoms with van der Waals surface area (Å²) in [5, 5.41) is 9.30. The topological polar surface area (TPSA) is 93.3 Å². The normalized spacial score (nSPS) is 20.8. The number of aliphatic imine (C=N–C) groups is 1. The van der Waals surface area contributed by atoms with Crippen molar-refractivity contribution in [2.75, 3.05) is 26.4 Å². The molecular formula is C14H19N4O4S+. The second kappa shape index (κ2) is 6.53. The van der Waals surface area contributed by atoms with E-state index in [4.69, 9.17) is 5.11 Å². The zero-order valence-electron chi connectivity index (χ0n) is 13.3. The monoisotopic (exact) mass is 339 g/mol. The number of hydrogen-bond acceptors (Lipinski definition) is 5. The Kier molecular flexibility index (Phi) is 4.88. The number of carbonyl (C=O) groups excluding carboxylic acids is 2. The fraction of sp³-hybridized carbons (Fsp3) is 0.500. The van der Waals surface area contributed by atoms with Gasteiger partial charge in [0, 0.05) is 19.8 Å². The van der Waals surface area contributed by atoms with Crippen LogP contribution in [0.15, 0.2) is 17.1 Å². The highest BCUT2D eigenvalue weighted by Gasteiger charge is 2.53. The van der Waals surface area contributed by atoms with Crippen LogP contribution in [0.25, 0.3) is 0 Å². The minimum Gasteiger partial charge on any atom is -0.481 e. The van der Waals surface area contributed by atoms with Crippen molar-refractivity contribution in [2.45, 2.75) is 19.4 Å². The molecule has 2 aliphatic heterocycles. The molecule has 0 saturated carbocycles. The van der Waals surface area contributed by atoms with Gasteiger partial charge >= 0.3 is 17.2 Å². The first-order valence-electron chi connectivity index (χ1n) is 7.00. The number of imide groups is 1. The third kappa shape index (κ3) is 3.29. The lowest BCUT2D eigenvalue weighted by atomic mass is 10.1. The fourth-order valence-electron chi connectivity index (χ4n) is 2.37. The molecule has 0 radical (unpaired) electrons. The Balaban J connectivity index is 2.34. The van der Waals surface area contributed by atoms with Gasteiger partial charge in [0.15, 0.2) is 0 Å². The zero-order valence-corrected chi connectivity index (χ0v) is 14.1. The van der Waals surface area contributed by atoms with Crippen molar-refractivity contribution in [1.82, 2.24) is 9.80 Å². The van der Waals surface area contributed by atoms with Gasteiger partial charge in [0.1, 0.15) is 6.54 Å². The summed E-state index contributed by atoms with van der Waals surface area (Å²) in [5.41, 5.74) is 0.841. The quantitative estimate of drug-likeness (QED) is 0.580. The Morgan fingerprint density at radius 1 is 1.39 bits per heavy atom. The Bertz CT molecular complexity index is 655. The van der Waals surface area contributed by atoms with Crippen molar-refractivity contribution < 1.29 is 24.1 Å². The van der Waals surface area contributed by atoms with E-state index in [-0.39, 0.29) is 12.3 Å². The number of likely N-dealkylation sites (N-methyl/N-ethyl adjacent to an activating group) is 2. The lowest BCUT2D eigenvalue weighted by molar-refractivity contribution is -0.524. The molecule has 124 valence electrons. The molecule has 1 saturated heterocycles. The van der Waals surface area contributed by atoms with E-state index in [0.29, 0.717) is 23.3 Å². The van der Waals surface area contributed by atoms with Gasteiger partial charge in [0.25, 0.3) is 17.8 Å². The maximum absolute atomic E-state index is 12.5. The van der Waals surface area contributed by atoms with E-state index in [1.807, 2.05) is 6.92 Å². The van der Waals surface area contributed by atoms with E-state index in [2.05, 4.69) is 11.6 Å². The van der Waals surface area contributed by atoms with Crippen LogP contribution in [0.4, 0.5) is 4.79 Å². The summed E-state index contributed by atoms with van der Waals surface area (Å²) in [7, 11) is 3.01. The molecule has 0 aliphatic carbocycles. The zero-order chi connectivity index (χ0) is 17.3. The Hall–Kier alpha value is -2.16. The van der Waals surface area contributed by atoms with Crippen molar-refractivity contribution in [3.8, 4) is 0 Å². The number of rotatable bonds is 5. The smallest absolute Gasteiger partial charge is 0.358 e. The predicted molar refractivity (Wildman–Crippen MR) is 86.8 cm³/mol. The third-order valence-electron chi connectivity index (χ3n) is 3.48. The average Bonchev–Trinajstić information content (AvgIpc) is 2.81. The molecule has 2 rings (SSSR count). The maximum Gasteiger partial charge on any atom is 0.358 e. The lowest BCUT2D eigenvalue weighted by Crippen LogP contribution is -2.61. The van der Waals surface area contributed by atoms with Crippen LogP contribution in [0.5, 0.6) is 0 Å². The van der Waals surface area contributed by atoms with Crippen LogP contribution in [-0.2, 0) is 9.59 Å². The van der Waals surface area contributed by atoms with Crippen molar-refractivity contribution in [1.29, 1.82) is 0 Å². The summed E-state index contributed by atoms with van der Waals surface area (Å²) >= 11 is 1.26. The molecule has 23 heavy (non-hydrogen) atoms. The molecule has 1 fully saturated rings. The first-order valence-corrected chi connectivity index (χ1v) is 7.99. The standard InChI is InChI=1S/C14H18N4O4S/c1-8(2)7-18-10-11(15-13(18)23-6-5-9(19)20)16(3)14(22)17(4)12(10)21/h10H,1,5-7H2,2-4H3/p+1. The van der Waals surface area contributed by atoms with Crippen LogP contribution in [0.3, 0.4) is 0 Å². The van der Waals surface area contributed by atoms with E-state index in [0.717, 1.165) is 10.5 Å². The summed E-state index contributed by atoms with van der Waals surface area (Å²) in [6, 6.07) is -1.11. The first kappa shape index (κ1) is 17.2. The van der Waals surface area contributed by atoms with Crippen molar-refractivity contribution in [2.24, 2.45) is 4.99 Å². The SMILES string of the molecule is C=C(C)C[N+]1=C(SCCC(=O)O)N=C2C1C(=O)N(C)C(=O)N2C. The van der Waals surface area contributed by atoms with Crippen molar-refractivity contribution >= 4 is 40.7 Å². The van der Waals surface area contributed by atoms with Crippen molar-refractivity contribution in [3.63, 3.8) is 0 Å². The molecule has 0 aromatic heterocycles. The first-order chi connectivity index (χ1) is 10.7. The molecule has 1 unspecified atom stereocenters. The molecule has 0 aromatic carbocycles.